The van der Waals surface area contributed by atoms with Gasteiger partial charge in [0.25, 0.3) is 11.8 Å². The molecule has 4 rings (SSSR count). The Balaban J connectivity index is 1.82. The van der Waals surface area contributed by atoms with E-state index >= 15 is 0 Å². The maximum atomic E-state index is 13.3. The number of rotatable bonds is 4. The molecule has 10 heteroatoms. The molecule has 1 aliphatic heterocycles. The average Bonchev–Trinajstić information content (AvgIpc) is 3.06. The van der Waals surface area contributed by atoms with Gasteiger partial charge in [0, 0.05) is 16.4 Å². The Hall–Kier alpha value is -3.26. The molecular weight excluding hydrogens is 501 g/mol. The highest BCUT2D eigenvalue weighted by Crippen LogP contribution is 2.35. The monoisotopic (exact) mass is 517 g/mol. The molecule has 0 atom stereocenters. The summed E-state index contributed by atoms with van der Waals surface area (Å²) in [6.07, 6.45) is 1.44. The van der Waals surface area contributed by atoms with Gasteiger partial charge in [-0.2, -0.15) is 0 Å². The summed E-state index contributed by atoms with van der Waals surface area (Å²) in [7, 11) is 1.56. The number of amides is 4. The molecule has 2 heterocycles. The second-order valence-corrected chi connectivity index (χ2v) is 8.73. The van der Waals surface area contributed by atoms with Crippen molar-refractivity contribution in [1.82, 2.24) is 9.88 Å². The maximum absolute atomic E-state index is 13.3. The van der Waals surface area contributed by atoms with Gasteiger partial charge in [0.1, 0.15) is 11.3 Å². The standard InChI is InChI=1S/C24H18Cl3N3O4/c1-12-9-14(13(2)29(12)19-11-15(25)7-8-20(19)34-3)10-16-22(31)28-24(33)30(23(16)32)18-6-4-5-17(26)21(18)27/h4-11H,1-3H3,(H,28,31,33)/b16-10+. The van der Waals surface area contributed by atoms with Gasteiger partial charge in [-0.05, 0) is 61.9 Å². The Morgan fingerprint density at radius 3 is 2.41 bits per heavy atom. The summed E-state index contributed by atoms with van der Waals surface area (Å²) in [5.74, 6) is -1.03. The van der Waals surface area contributed by atoms with Crippen LogP contribution in [-0.2, 0) is 9.59 Å². The van der Waals surface area contributed by atoms with Crippen LogP contribution in [-0.4, -0.2) is 29.5 Å². The van der Waals surface area contributed by atoms with Crippen molar-refractivity contribution in [2.75, 3.05) is 12.0 Å². The highest BCUT2D eigenvalue weighted by Gasteiger charge is 2.38. The van der Waals surface area contributed by atoms with Crippen LogP contribution in [0.3, 0.4) is 0 Å². The zero-order valence-corrected chi connectivity index (χ0v) is 20.5. The van der Waals surface area contributed by atoms with Crippen molar-refractivity contribution in [1.29, 1.82) is 0 Å². The third kappa shape index (κ3) is 4.07. The lowest BCUT2D eigenvalue weighted by Gasteiger charge is -2.27. The lowest BCUT2D eigenvalue weighted by Crippen LogP contribution is -2.54. The van der Waals surface area contributed by atoms with Crippen LogP contribution in [0.2, 0.25) is 15.1 Å². The summed E-state index contributed by atoms with van der Waals surface area (Å²) in [4.78, 5) is 39.2. The summed E-state index contributed by atoms with van der Waals surface area (Å²) in [5.41, 5.74) is 2.70. The van der Waals surface area contributed by atoms with Gasteiger partial charge in [0.2, 0.25) is 0 Å². The minimum absolute atomic E-state index is 0.0209. The number of barbiturate groups is 1. The number of halogens is 3. The largest absolute Gasteiger partial charge is 0.495 e. The SMILES string of the molecule is COc1ccc(Cl)cc1-n1c(C)cc(/C=C2\C(=O)NC(=O)N(c3cccc(Cl)c3Cl)C2=O)c1C. The molecule has 1 fully saturated rings. The summed E-state index contributed by atoms with van der Waals surface area (Å²) in [6, 6.07) is 10.7. The van der Waals surface area contributed by atoms with E-state index in [1.54, 1.807) is 31.4 Å². The first-order chi connectivity index (χ1) is 16.1. The number of carbonyl (C=O) groups excluding carboxylic acids is 3. The molecular formula is C24H18Cl3N3O4. The molecule has 0 radical (unpaired) electrons. The average molecular weight is 519 g/mol. The minimum Gasteiger partial charge on any atom is -0.495 e. The summed E-state index contributed by atoms with van der Waals surface area (Å²) >= 11 is 18.5. The number of nitrogens with zero attached hydrogens (tertiary/aromatic N) is 2. The minimum atomic E-state index is -0.912. The van der Waals surface area contributed by atoms with Crippen LogP contribution < -0.4 is 15.0 Å². The lowest BCUT2D eigenvalue weighted by atomic mass is 10.1. The zero-order chi connectivity index (χ0) is 24.7. The zero-order valence-electron chi connectivity index (χ0n) is 18.3. The van der Waals surface area contributed by atoms with E-state index in [2.05, 4.69) is 5.32 Å². The van der Waals surface area contributed by atoms with Crippen molar-refractivity contribution in [2.24, 2.45) is 0 Å². The smallest absolute Gasteiger partial charge is 0.336 e. The predicted octanol–water partition coefficient (Wildman–Crippen LogP) is 5.73. The van der Waals surface area contributed by atoms with E-state index in [0.29, 0.717) is 22.0 Å². The first kappa shape index (κ1) is 23.9. The number of aromatic nitrogens is 1. The number of hydrogen-bond acceptors (Lipinski definition) is 4. The summed E-state index contributed by atoms with van der Waals surface area (Å²) in [6.45, 7) is 3.71. The van der Waals surface area contributed by atoms with Crippen molar-refractivity contribution >= 4 is 64.4 Å². The highest BCUT2D eigenvalue weighted by atomic mass is 35.5. The molecule has 0 bridgehead atoms. The molecule has 3 aromatic rings. The first-order valence-electron chi connectivity index (χ1n) is 10.0. The Morgan fingerprint density at radius 1 is 0.971 bits per heavy atom. The number of methoxy groups -OCH3 is 1. The van der Waals surface area contributed by atoms with Gasteiger partial charge in [-0.3, -0.25) is 14.9 Å². The van der Waals surface area contributed by atoms with Gasteiger partial charge in [0.05, 0.1) is 28.5 Å². The summed E-state index contributed by atoms with van der Waals surface area (Å²) in [5, 5.41) is 2.90. The van der Waals surface area contributed by atoms with Crippen molar-refractivity contribution in [3.05, 3.63) is 80.1 Å². The van der Waals surface area contributed by atoms with Crippen LogP contribution in [0.4, 0.5) is 10.5 Å². The second-order valence-electron chi connectivity index (χ2n) is 7.51. The molecule has 1 N–H and O–H groups in total. The third-order valence-corrected chi connectivity index (χ3v) is 6.47. The van der Waals surface area contributed by atoms with Crippen LogP contribution in [0.5, 0.6) is 5.75 Å². The van der Waals surface area contributed by atoms with E-state index < -0.39 is 17.8 Å². The Kier molecular flexibility index (Phi) is 6.45. The van der Waals surface area contributed by atoms with Crippen LogP contribution in [0.15, 0.2) is 48.0 Å². The molecule has 2 aromatic carbocycles. The van der Waals surface area contributed by atoms with Crippen molar-refractivity contribution < 1.29 is 19.1 Å². The van der Waals surface area contributed by atoms with Crippen LogP contribution >= 0.6 is 34.8 Å². The van der Waals surface area contributed by atoms with Crippen molar-refractivity contribution in [3.8, 4) is 11.4 Å². The van der Waals surface area contributed by atoms with Gasteiger partial charge in [-0.1, -0.05) is 40.9 Å². The molecule has 1 saturated heterocycles. The van der Waals surface area contributed by atoms with Gasteiger partial charge < -0.3 is 9.30 Å². The fourth-order valence-corrected chi connectivity index (χ4v) is 4.39. The Bertz CT molecular complexity index is 1390. The lowest BCUT2D eigenvalue weighted by molar-refractivity contribution is -0.122. The molecule has 0 unspecified atom stereocenters. The fourth-order valence-electron chi connectivity index (χ4n) is 3.84. The number of imide groups is 2. The maximum Gasteiger partial charge on any atom is 0.336 e. The van der Waals surface area contributed by atoms with E-state index in [-0.39, 0.29) is 21.3 Å². The predicted molar refractivity (Wildman–Crippen MR) is 132 cm³/mol. The van der Waals surface area contributed by atoms with Crippen molar-refractivity contribution in [2.45, 2.75) is 13.8 Å². The van der Waals surface area contributed by atoms with Gasteiger partial charge in [-0.25, -0.2) is 9.69 Å². The van der Waals surface area contributed by atoms with E-state index in [1.807, 2.05) is 24.5 Å². The molecule has 34 heavy (non-hydrogen) atoms. The second kappa shape index (κ2) is 9.18. The van der Waals surface area contributed by atoms with Crippen LogP contribution in [0.1, 0.15) is 17.0 Å². The Labute approximate surface area is 210 Å². The van der Waals surface area contributed by atoms with Gasteiger partial charge in [0.15, 0.2) is 0 Å². The molecule has 0 aliphatic carbocycles. The first-order valence-corrected chi connectivity index (χ1v) is 11.2. The molecule has 1 aromatic heterocycles. The number of nitrogens with one attached hydrogen (secondary N) is 1. The molecule has 0 spiro atoms. The number of hydrogen-bond donors (Lipinski definition) is 1. The van der Waals surface area contributed by atoms with E-state index in [0.717, 1.165) is 16.3 Å². The fraction of sp³-hybridized carbons (Fsp3) is 0.125. The number of aryl methyl sites for hydroxylation is 1. The molecule has 0 saturated carbocycles. The van der Waals surface area contributed by atoms with E-state index in [9.17, 15) is 14.4 Å². The van der Waals surface area contributed by atoms with Gasteiger partial charge in [-0.15, -0.1) is 0 Å². The summed E-state index contributed by atoms with van der Waals surface area (Å²) < 4.78 is 7.38. The normalized spacial score (nSPS) is 15.2. The number of urea groups is 1. The number of anilines is 1. The van der Waals surface area contributed by atoms with Crippen LogP contribution in [0, 0.1) is 13.8 Å². The number of carbonyl (C=O) groups is 3. The quantitative estimate of drug-likeness (QED) is 0.353. The highest BCUT2D eigenvalue weighted by molar-refractivity contribution is 6.46. The number of benzene rings is 2. The van der Waals surface area contributed by atoms with Crippen molar-refractivity contribution in [3.63, 3.8) is 0 Å². The van der Waals surface area contributed by atoms with Gasteiger partial charge >= 0.3 is 6.03 Å². The third-order valence-electron chi connectivity index (χ3n) is 5.43. The van der Waals surface area contributed by atoms with Crippen LogP contribution in [0.25, 0.3) is 11.8 Å². The number of ether oxygens (including phenoxy) is 1. The molecule has 4 amide bonds. The van der Waals surface area contributed by atoms with E-state index in [4.69, 9.17) is 39.5 Å². The molecule has 1 aliphatic rings. The van der Waals surface area contributed by atoms with E-state index in [1.165, 1.54) is 18.2 Å². The molecule has 174 valence electrons. The molecule has 7 nitrogen and oxygen atoms in total. The Morgan fingerprint density at radius 2 is 1.71 bits per heavy atom. The topological polar surface area (TPSA) is 80.6 Å².